The zero-order chi connectivity index (χ0) is 16.2. The summed E-state index contributed by atoms with van der Waals surface area (Å²) in [7, 11) is -3.99. The lowest BCUT2D eigenvalue weighted by Crippen LogP contribution is -2.29. The summed E-state index contributed by atoms with van der Waals surface area (Å²) in [5.74, 6) is -1.55. The van der Waals surface area contributed by atoms with E-state index in [0.717, 1.165) is 23.6 Å². The van der Waals surface area contributed by atoms with Crippen LogP contribution in [-0.4, -0.2) is 14.3 Å². The standard InChI is InChI=1S/C15H11ClFNO3S/c16-14-10-12(17)6-7-13(14)15(19)18-22(20,21)9-8-11-4-2-1-3-5-11/h1-10H,(H,18,19)/b9-8+. The lowest BCUT2D eigenvalue weighted by molar-refractivity contribution is 0.0982. The van der Waals surface area contributed by atoms with E-state index in [1.54, 1.807) is 30.3 Å². The Morgan fingerprint density at radius 1 is 1.14 bits per heavy atom. The van der Waals surface area contributed by atoms with Crippen LogP contribution in [0, 0.1) is 5.82 Å². The van der Waals surface area contributed by atoms with Gasteiger partial charge in [0.2, 0.25) is 0 Å². The van der Waals surface area contributed by atoms with Crippen LogP contribution < -0.4 is 4.72 Å². The van der Waals surface area contributed by atoms with Crippen molar-refractivity contribution in [3.05, 3.63) is 75.9 Å². The molecule has 0 atom stereocenters. The van der Waals surface area contributed by atoms with E-state index in [-0.39, 0.29) is 10.6 Å². The van der Waals surface area contributed by atoms with Crippen molar-refractivity contribution in [3.63, 3.8) is 0 Å². The number of carbonyl (C=O) groups excluding carboxylic acids is 1. The van der Waals surface area contributed by atoms with E-state index in [9.17, 15) is 17.6 Å². The molecule has 0 heterocycles. The lowest BCUT2D eigenvalue weighted by atomic mass is 10.2. The molecule has 0 unspecified atom stereocenters. The van der Waals surface area contributed by atoms with E-state index in [2.05, 4.69) is 0 Å². The summed E-state index contributed by atoms with van der Waals surface area (Å²) in [6.07, 6.45) is 1.35. The van der Waals surface area contributed by atoms with Crippen molar-refractivity contribution < 1.29 is 17.6 Å². The summed E-state index contributed by atoms with van der Waals surface area (Å²) in [6, 6.07) is 11.8. The zero-order valence-corrected chi connectivity index (χ0v) is 12.7. The molecular weight excluding hydrogens is 329 g/mol. The summed E-state index contributed by atoms with van der Waals surface area (Å²) >= 11 is 5.71. The van der Waals surface area contributed by atoms with Gasteiger partial charge in [0.05, 0.1) is 16.0 Å². The van der Waals surface area contributed by atoms with E-state index >= 15 is 0 Å². The van der Waals surface area contributed by atoms with Crippen molar-refractivity contribution in [1.29, 1.82) is 0 Å². The zero-order valence-electron chi connectivity index (χ0n) is 11.2. The Kier molecular flexibility index (Phi) is 4.95. The predicted molar refractivity (Wildman–Crippen MR) is 83.3 cm³/mol. The number of amides is 1. The highest BCUT2D eigenvalue weighted by molar-refractivity contribution is 7.93. The Bertz CT molecular complexity index is 820. The first-order chi connectivity index (χ1) is 10.4. The second-order valence-corrected chi connectivity index (χ2v) is 6.29. The minimum Gasteiger partial charge on any atom is -0.268 e. The Labute approximate surface area is 132 Å². The molecule has 0 bridgehead atoms. The molecule has 114 valence electrons. The monoisotopic (exact) mass is 339 g/mol. The van der Waals surface area contributed by atoms with Crippen molar-refractivity contribution in [1.82, 2.24) is 4.72 Å². The largest absolute Gasteiger partial charge is 0.268 e. The molecule has 22 heavy (non-hydrogen) atoms. The molecular formula is C15H11ClFNO3S. The van der Waals surface area contributed by atoms with Gasteiger partial charge in [-0.25, -0.2) is 17.5 Å². The molecule has 0 aliphatic carbocycles. The van der Waals surface area contributed by atoms with Gasteiger partial charge in [-0.2, -0.15) is 0 Å². The molecule has 2 aromatic rings. The number of benzene rings is 2. The highest BCUT2D eigenvalue weighted by Crippen LogP contribution is 2.17. The van der Waals surface area contributed by atoms with Gasteiger partial charge in [-0.1, -0.05) is 41.9 Å². The third-order valence-electron chi connectivity index (χ3n) is 2.65. The number of sulfonamides is 1. The summed E-state index contributed by atoms with van der Waals surface area (Å²) in [5.41, 5.74) is 0.542. The highest BCUT2D eigenvalue weighted by atomic mass is 35.5. The first-order valence-corrected chi connectivity index (χ1v) is 8.05. The van der Waals surface area contributed by atoms with Gasteiger partial charge in [-0.05, 0) is 29.8 Å². The molecule has 0 aliphatic heterocycles. The minimum absolute atomic E-state index is 0.125. The highest BCUT2D eigenvalue weighted by Gasteiger charge is 2.16. The van der Waals surface area contributed by atoms with Crippen LogP contribution in [0.25, 0.3) is 6.08 Å². The van der Waals surface area contributed by atoms with Crippen molar-refractivity contribution in [3.8, 4) is 0 Å². The fraction of sp³-hybridized carbons (Fsp3) is 0. The van der Waals surface area contributed by atoms with Gasteiger partial charge in [0, 0.05) is 0 Å². The molecule has 0 radical (unpaired) electrons. The molecule has 2 aromatic carbocycles. The molecule has 1 N–H and O–H groups in total. The number of hydrogen-bond donors (Lipinski definition) is 1. The van der Waals surface area contributed by atoms with Crippen LogP contribution in [0.5, 0.6) is 0 Å². The van der Waals surface area contributed by atoms with Gasteiger partial charge in [0.25, 0.3) is 15.9 Å². The van der Waals surface area contributed by atoms with E-state index < -0.39 is 21.7 Å². The maximum Gasteiger partial charge on any atom is 0.266 e. The Morgan fingerprint density at radius 3 is 2.45 bits per heavy atom. The van der Waals surface area contributed by atoms with Crippen molar-refractivity contribution in [2.75, 3.05) is 0 Å². The SMILES string of the molecule is O=C(NS(=O)(=O)/C=C/c1ccccc1)c1ccc(F)cc1Cl. The van der Waals surface area contributed by atoms with Gasteiger partial charge in [-0.15, -0.1) is 0 Å². The van der Waals surface area contributed by atoms with Crippen LogP contribution in [0.4, 0.5) is 4.39 Å². The number of carbonyl (C=O) groups is 1. The molecule has 2 rings (SSSR count). The molecule has 0 saturated heterocycles. The number of halogens is 2. The number of nitrogens with one attached hydrogen (secondary N) is 1. The van der Waals surface area contributed by atoms with Gasteiger partial charge in [-0.3, -0.25) is 4.79 Å². The first-order valence-electron chi connectivity index (χ1n) is 6.13. The van der Waals surface area contributed by atoms with Crippen LogP contribution in [0.3, 0.4) is 0 Å². The molecule has 1 amide bonds. The normalized spacial score (nSPS) is 11.5. The van der Waals surface area contributed by atoms with Gasteiger partial charge >= 0.3 is 0 Å². The maximum absolute atomic E-state index is 12.9. The van der Waals surface area contributed by atoms with Gasteiger partial charge in [0.15, 0.2) is 0 Å². The fourth-order valence-corrected chi connectivity index (χ4v) is 2.65. The molecule has 0 spiro atoms. The quantitative estimate of drug-likeness (QED) is 0.930. The third kappa shape index (κ3) is 4.41. The number of rotatable bonds is 4. The number of hydrogen-bond acceptors (Lipinski definition) is 3. The van der Waals surface area contributed by atoms with Crippen molar-refractivity contribution in [2.24, 2.45) is 0 Å². The Hall–Kier alpha value is -2.18. The molecule has 0 aliphatic rings. The smallest absolute Gasteiger partial charge is 0.266 e. The molecule has 4 nitrogen and oxygen atoms in total. The van der Waals surface area contributed by atoms with Crippen molar-refractivity contribution in [2.45, 2.75) is 0 Å². The maximum atomic E-state index is 12.9. The summed E-state index contributed by atoms with van der Waals surface area (Å²) in [4.78, 5) is 11.9. The Balaban J connectivity index is 2.14. The second kappa shape index (κ2) is 6.72. The van der Waals surface area contributed by atoms with Crippen molar-refractivity contribution >= 4 is 33.6 Å². The summed E-state index contributed by atoms with van der Waals surface area (Å²) < 4.78 is 38.4. The van der Waals surface area contributed by atoms with Gasteiger partial charge in [0.1, 0.15) is 5.82 Å². The average molecular weight is 340 g/mol. The average Bonchev–Trinajstić information content (AvgIpc) is 2.45. The lowest BCUT2D eigenvalue weighted by Gasteiger charge is -2.05. The van der Waals surface area contributed by atoms with Crippen LogP contribution in [0.1, 0.15) is 15.9 Å². The van der Waals surface area contributed by atoms with Crippen LogP contribution in [0.15, 0.2) is 53.9 Å². The molecule has 0 fully saturated rings. The predicted octanol–water partition coefficient (Wildman–Crippen LogP) is 3.21. The Morgan fingerprint density at radius 2 is 1.82 bits per heavy atom. The van der Waals surface area contributed by atoms with Gasteiger partial charge < -0.3 is 0 Å². The van der Waals surface area contributed by atoms with Crippen LogP contribution >= 0.6 is 11.6 Å². The molecule has 0 saturated carbocycles. The summed E-state index contributed by atoms with van der Waals surface area (Å²) in [6.45, 7) is 0. The van der Waals surface area contributed by atoms with E-state index in [4.69, 9.17) is 11.6 Å². The van der Waals surface area contributed by atoms with E-state index in [1.165, 1.54) is 6.08 Å². The minimum atomic E-state index is -3.99. The van der Waals surface area contributed by atoms with Crippen LogP contribution in [0.2, 0.25) is 5.02 Å². The summed E-state index contributed by atoms with van der Waals surface area (Å²) in [5, 5.41) is 0.706. The fourth-order valence-electron chi connectivity index (χ4n) is 1.62. The molecule has 0 aromatic heterocycles. The first kappa shape index (κ1) is 16.2. The topological polar surface area (TPSA) is 63.2 Å². The third-order valence-corrected chi connectivity index (χ3v) is 3.93. The van der Waals surface area contributed by atoms with Crippen LogP contribution in [-0.2, 0) is 10.0 Å². The van der Waals surface area contributed by atoms with E-state index in [1.807, 2.05) is 4.72 Å². The molecule has 7 heteroatoms. The second-order valence-electron chi connectivity index (χ2n) is 4.31. The van der Waals surface area contributed by atoms with E-state index in [0.29, 0.717) is 5.56 Å².